The molecule has 3 aromatic heterocycles. The average Bonchev–Trinajstić information content (AvgIpc) is 3.80. The first-order chi connectivity index (χ1) is 30.4. The normalized spacial score (nSPS) is 21.9. The third kappa shape index (κ3) is 8.60. The van der Waals surface area contributed by atoms with Gasteiger partial charge in [-0.15, -0.1) is 0 Å². The lowest BCUT2D eigenvalue weighted by atomic mass is 9.89. The van der Waals surface area contributed by atoms with Gasteiger partial charge in [-0.25, -0.2) is 18.4 Å². The van der Waals surface area contributed by atoms with Crippen molar-refractivity contribution in [3.05, 3.63) is 77.1 Å². The number of aromatic nitrogens is 5. The summed E-state index contributed by atoms with van der Waals surface area (Å²) in [7, 11) is 3.57. The summed E-state index contributed by atoms with van der Waals surface area (Å²) in [5.41, 5.74) is 5.49. The number of aryl methyl sites for hydroxylation is 2. The number of nitrogens with zero attached hydrogens (tertiary/aromatic N) is 8. The van der Waals surface area contributed by atoms with Gasteiger partial charge in [-0.05, 0) is 87.4 Å². The summed E-state index contributed by atoms with van der Waals surface area (Å²) < 4.78 is 46.7. The first-order valence-electron chi connectivity index (χ1n) is 22.0. The Morgan fingerprint density at radius 3 is 2.44 bits per heavy atom. The van der Waals surface area contributed by atoms with Crippen molar-refractivity contribution in [3.8, 4) is 17.1 Å². The molecule has 17 heteroatoms. The van der Waals surface area contributed by atoms with Crippen molar-refractivity contribution in [2.24, 2.45) is 13.0 Å². The van der Waals surface area contributed by atoms with Crippen LogP contribution in [0.1, 0.15) is 73.0 Å². The van der Waals surface area contributed by atoms with Crippen LogP contribution in [0.2, 0.25) is 0 Å². The summed E-state index contributed by atoms with van der Waals surface area (Å²) in [5, 5.41) is 9.75. The number of piperazine rings is 1. The molecule has 3 amide bonds. The van der Waals surface area contributed by atoms with Gasteiger partial charge >= 0.3 is 0 Å². The maximum atomic E-state index is 15.4. The molecule has 9 rings (SSSR count). The number of halogens is 2. The predicted octanol–water partition coefficient (Wildman–Crippen LogP) is 5.81. The van der Waals surface area contributed by atoms with E-state index in [9.17, 15) is 14.4 Å². The summed E-state index contributed by atoms with van der Waals surface area (Å²) in [6.07, 6.45) is 5.21. The van der Waals surface area contributed by atoms with Crippen LogP contribution < -0.4 is 25.2 Å². The van der Waals surface area contributed by atoms with Crippen LogP contribution in [0.4, 0.5) is 26.1 Å². The number of methoxy groups -OCH3 is 1. The van der Waals surface area contributed by atoms with Gasteiger partial charge in [0.1, 0.15) is 11.6 Å². The number of benzene rings is 2. The molecule has 2 N–H and O–H groups in total. The van der Waals surface area contributed by atoms with E-state index in [0.717, 1.165) is 67.6 Å². The Labute approximate surface area is 364 Å². The third-order valence-electron chi connectivity index (χ3n) is 13.1. The van der Waals surface area contributed by atoms with Crippen molar-refractivity contribution in [1.29, 1.82) is 0 Å². The molecule has 2 aromatic carbocycles. The molecule has 7 heterocycles. The molecule has 0 unspecified atom stereocenters. The molecule has 3 saturated heterocycles. The number of anilines is 3. The van der Waals surface area contributed by atoms with E-state index in [0.29, 0.717) is 67.3 Å². The summed E-state index contributed by atoms with van der Waals surface area (Å²) in [4.78, 5) is 54.6. The van der Waals surface area contributed by atoms with E-state index in [2.05, 4.69) is 49.2 Å². The monoisotopic (exact) mass is 864 g/mol. The molecule has 5 aromatic rings. The second kappa shape index (κ2) is 17.7. The largest absolute Gasteiger partial charge is 0.477 e. The quantitative estimate of drug-likeness (QED) is 0.199. The topological polar surface area (TPSA) is 152 Å². The van der Waals surface area contributed by atoms with Crippen LogP contribution in [0.15, 0.2) is 48.7 Å². The van der Waals surface area contributed by atoms with E-state index in [1.54, 1.807) is 30.1 Å². The van der Waals surface area contributed by atoms with Crippen molar-refractivity contribution in [2.75, 3.05) is 68.2 Å². The highest BCUT2D eigenvalue weighted by Gasteiger charge is 2.36. The second-order valence-corrected chi connectivity index (χ2v) is 17.5. The van der Waals surface area contributed by atoms with Gasteiger partial charge in [0.15, 0.2) is 0 Å². The minimum Gasteiger partial charge on any atom is -0.477 e. The number of imidazole rings is 1. The second-order valence-electron chi connectivity index (χ2n) is 17.5. The van der Waals surface area contributed by atoms with E-state index >= 15 is 8.78 Å². The van der Waals surface area contributed by atoms with E-state index in [1.807, 2.05) is 24.9 Å². The number of carbonyl (C=O) groups excluding carboxylic acids is 3. The van der Waals surface area contributed by atoms with Crippen LogP contribution in [-0.4, -0.2) is 112 Å². The Balaban J connectivity index is 0.908. The molecule has 332 valence electrons. The number of hydrogen-bond donors (Lipinski definition) is 2. The summed E-state index contributed by atoms with van der Waals surface area (Å²) >= 11 is 0. The Morgan fingerprint density at radius 2 is 1.68 bits per heavy atom. The van der Waals surface area contributed by atoms with Gasteiger partial charge in [0.25, 0.3) is 5.91 Å². The molecule has 63 heavy (non-hydrogen) atoms. The van der Waals surface area contributed by atoms with Gasteiger partial charge in [0, 0.05) is 94.1 Å². The van der Waals surface area contributed by atoms with E-state index in [4.69, 9.17) is 19.4 Å². The van der Waals surface area contributed by atoms with Crippen molar-refractivity contribution in [3.63, 3.8) is 0 Å². The number of imide groups is 1. The number of piperidine rings is 2. The van der Waals surface area contributed by atoms with E-state index in [-0.39, 0.29) is 42.3 Å². The minimum absolute atomic E-state index is 0.0472. The summed E-state index contributed by atoms with van der Waals surface area (Å²) in [5.74, 6) is -2.56. The van der Waals surface area contributed by atoms with E-state index in [1.165, 1.54) is 12.1 Å². The fraction of sp³-hybridized carbons (Fsp3) is 0.478. The average molecular weight is 865 g/mol. The number of nitrogens with one attached hydrogen (secondary N) is 2. The maximum absolute atomic E-state index is 15.4. The van der Waals surface area contributed by atoms with Gasteiger partial charge in [0.05, 0.1) is 53.7 Å². The van der Waals surface area contributed by atoms with Crippen molar-refractivity contribution >= 4 is 46.1 Å². The van der Waals surface area contributed by atoms with Gasteiger partial charge in [0.2, 0.25) is 23.6 Å². The van der Waals surface area contributed by atoms with Crippen LogP contribution in [0, 0.1) is 24.5 Å². The molecular weight excluding hydrogens is 811 g/mol. The van der Waals surface area contributed by atoms with Crippen LogP contribution in [0.3, 0.4) is 0 Å². The first kappa shape index (κ1) is 42.4. The van der Waals surface area contributed by atoms with Gasteiger partial charge < -0.3 is 23.8 Å². The van der Waals surface area contributed by atoms with Crippen molar-refractivity contribution in [2.45, 2.75) is 76.9 Å². The van der Waals surface area contributed by atoms with Crippen LogP contribution in [-0.2, 0) is 27.9 Å². The molecule has 0 aliphatic carbocycles. The van der Waals surface area contributed by atoms with Gasteiger partial charge in [-0.1, -0.05) is 6.92 Å². The number of ether oxygens (including phenoxy) is 2. The lowest BCUT2D eigenvalue weighted by Gasteiger charge is -2.48. The number of rotatable bonds is 6. The number of carbonyl (C=O) groups is 3. The zero-order chi connectivity index (χ0) is 43.9. The number of amides is 3. The molecule has 3 fully saturated rings. The van der Waals surface area contributed by atoms with Crippen LogP contribution >= 0.6 is 0 Å². The zero-order valence-electron chi connectivity index (χ0n) is 36.2. The van der Waals surface area contributed by atoms with Crippen LogP contribution in [0.25, 0.3) is 22.3 Å². The minimum atomic E-state index is -1.03. The Bertz CT molecular complexity index is 2530. The first-order valence-corrected chi connectivity index (χ1v) is 22.0. The molecule has 0 radical (unpaired) electrons. The van der Waals surface area contributed by atoms with Crippen LogP contribution in [0.5, 0.6) is 5.88 Å². The highest BCUT2D eigenvalue weighted by molar-refractivity contribution is 6.05. The zero-order valence-corrected chi connectivity index (χ0v) is 36.2. The molecule has 0 spiro atoms. The Hall–Kier alpha value is -5.94. The maximum Gasteiger partial charge on any atom is 0.258 e. The Kier molecular flexibility index (Phi) is 11.9. The lowest BCUT2D eigenvalue weighted by Crippen LogP contribution is -2.60. The fourth-order valence-electron chi connectivity index (χ4n) is 9.91. The Morgan fingerprint density at radius 1 is 0.889 bits per heavy atom. The SMILES string of the molecule is COC[C@@H]1CN(c2ccc3nc4n(c3c2)C[C@H](C)CCCOc2c(cnn2C)-c2cc(cc(C)n2)C(=O)N4)CCN1C1CCN(c2cc(F)c([C@H]3CCC(=O)NC3=O)c(F)c2)CC1. The van der Waals surface area contributed by atoms with Crippen molar-refractivity contribution in [1.82, 2.24) is 34.5 Å². The smallest absolute Gasteiger partial charge is 0.258 e. The molecule has 15 nitrogen and oxygen atoms in total. The number of fused-ring (bicyclic) bond motifs is 7. The molecule has 0 saturated carbocycles. The van der Waals surface area contributed by atoms with E-state index < -0.39 is 29.4 Å². The summed E-state index contributed by atoms with van der Waals surface area (Å²) in [6, 6.07) is 12.9. The predicted molar refractivity (Wildman–Crippen MR) is 234 cm³/mol. The molecule has 3 atom stereocenters. The lowest BCUT2D eigenvalue weighted by molar-refractivity contribution is -0.134. The third-order valence-corrected chi connectivity index (χ3v) is 13.1. The molecule has 4 aliphatic heterocycles. The number of pyridine rings is 1. The van der Waals surface area contributed by atoms with Crippen molar-refractivity contribution < 1.29 is 32.6 Å². The van der Waals surface area contributed by atoms with Gasteiger partial charge in [-0.2, -0.15) is 5.10 Å². The van der Waals surface area contributed by atoms with Gasteiger partial charge in [-0.3, -0.25) is 34.9 Å². The molecule has 4 aliphatic rings. The number of hydrogen-bond acceptors (Lipinski definition) is 11. The standard InChI is InChI=1S/C46H54F2N10O5/c1-27-6-5-17-63-45-35(23-49-54(45)3)39-19-29(18-28(2)50-39)43(60)53-46-51-38-9-7-31(22-40(38)58(46)24-27)56-15-16-57(33(25-56)26-62-4)30-11-13-55(14-12-30)32-20-36(47)42(37(48)21-32)34-8-10-41(59)52-44(34)61/h7,9,18-23,27,30,33-34H,5-6,8,10-17,24-26H2,1-4H3,(H,51,53,60)(H,52,59,61)/t27-,33+,34-/m1/s1. The molecular formula is C46H54F2N10O5. The highest BCUT2D eigenvalue weighted by Crippen LogP contribution is 2.36. The fourth-order valence-corrected chi connectivity index (χ4v) is 9.91. The summed E-state index contributed by atoms with van der Waals surface area (Å²) in [6.45, 7) is 9.38. The highest BCUT2D eigenvalue weighted by atomic mass is 19.1. The molecule has 2 bridgehead atoms.